The Hall–Kier alpha value is -1.77. The van der Waals surface area contributed by atoms with Crippen molar-refractivity contribution in [3.8, 4) is 0 Å². The number of aromatic nitrogens is 1. The van der Waals surface area contributed by atoms with E-state index in [9.17, 15) is 13.2 Å². The van der Waals surface area contributed by atoms with Gasteiger partial charge in [-0.1, -0.05) is 30.3 Å². The van der Waals surface area contributed by atoms with E-state index in [1.165, 1.54) is 11.3 Å². The number of likely N-dealkylation sites (tertiary alicyclic amines) is 1. The Kier molecular flexibility index (Phi) is 6.05. The van der Waals surface area contributed by atoms with Gasteiger partial charge in [-0.15, -0.1) is 11.3 Å². The first-order valence-corrected chi connectivity index (χ1v) is 11.2. The van der Waals surface area contributed by atoms with Crippen LogP contribution < -0.4 is 4.72 Å². The maximum absolute atomic E-state index is 12.5. The van der Waals surface area contributed by atoms with Crippen molar-refractivity contribution in [1.29, 1.82) is 0 Å². The molecule has 1 atom stereocenters. The monoisotopic (exact) mass is 393 g/mol. The molecular weight excluding hydrogens is 370 g/mol. The van der Waals surface area contributed by atoms with Gasteiger partial charge >= 0.3 is 0 Å². The fourth-order valence-electron chi connectivity index (χ4n) is 3.13. The van der Waals surface area contributed by atoms with Gasteiger partial charge in [-0.05, 0) is 31.2 Å². The number of hydrogen-bond donors (Lipinski definition) is 1. The van der Waals surface area contributed by atoms with E-state index in [1.54, 1.807) is 22.4 Å². The van der Waals surface area contributed by atoms with Crippen LogP contribution in [0.5, 0.6) is 0 Å². The summed E-state index contributed by atoms with van der Waals surface area (Å²) in [6, 6.07) is 9.12. The highest BCUT2D eigenvalue weighted by Gasteiger charge is 2.26. The zero-order valence-electron chi connectivity index (χ0n) is 14.7. The van der Waals surface area contributed by atoms with E-state index >= 15 is 0 Å². The fraction of sp³-hybridized carbons (Fsp3) is 0.444. The summed E-state index contributed by atoms with van der Waals surface area (Å²) in [4.78, 5) is 18.6. The zero-order valence-corrected chi connectivity index (χ0v) is 16.4. The van der Waals surface area contributed by atoms with Gasteiger partial charge in [0.15, 0.2) is 0 Å². The third kappa shape index (κ3) is 5.12. The SMILES string of the molecule is Cc1nc(C(=O)N2CCC[C@H](CNS(=O)(=O)Cc3ccccc3)C2)cs1. The normalized spacial score (nSPS) is 18.0. The van der Waals surface area contributed by atoms with Crippen LogP contribution in [0.3, 0.4) is 0 Å². The molecule has 1 N–H and O–H groups in total. The molecule has 8 heteroatoms. The number of nitrogens with one attached hydrogen (secondary N) is 1. The van der Waals surface area contributed by atoms with Gasteiger partial charge in [-0.25, -0.2) is 18.1 Å². The molecule has 0 aliphatic carbocycles. The quantitative estimate of drug-likeness (QED) is 0.817. The third-order valence-electron chi connectivity index (χ3n) is 4.44. The van der Waals surface area contributed by atoms with Crippen LogP contribution in [0.1, 0.15) is 33.9 Å². The van der Waals surface area contributed by atoms with Crippen molar-refractivity contribution in [3.63, 3.8) is 0 Å². The summed E-state index contributed by atoms with van der Waals surface area (Å²) in [5.41, 5.74) is 1.25. The summed E-state index contributed by atoms with van der Waals surface area (Å²) in [5, 5.41) is 2.65. The standard InChI is InChI=1S/C18H23N3O3S2/c1-14-20-17(12-25-14)18(22)21-9-5-8-16(11-21)10-19-26(23,24)13-15-6-3-2-4-7-15/h2-4,6-7,12,16,19H,5,8-11,13H2,1H3/t16-/m1/s1. The Morgan fingerprint density at radius 3 is 2.81 bits per heavy atom. The van der Waals surface area contributed by atoms with Crippen molar-refractivity contribution in [2.45, 2.75) is 25.5 Å². The van der Waals surface area contributed by atoms with Gasteiger partial charge < -0.3 is 4.90 Å². The summed E-state index contributed by atoms with van der Waals surface area (Å²) in [5.74, 6) is 0.0329. The van der Waals surface area contributed by atoms with Gasteiger partial charge in [0.2, 0.25) is 10.0 Å². The van der Waals surface area contributed by atoms with Crippen LogP contribution in [0.15, 0.2) is 35.7 Å². The van der Waals surface area contributed by atoms with E-state index in [1.807, 2.05) is 25.1 Å². The average molecular weight is 394 g/mol. The Bertz CT molecular complexity index is 850. The van der Waals surface area contributed by atoms with Crippen LogP contribution >= 0.6 is 11.3 Å². The van der Waals surface area contributed by atoms with Gasteiger partial charge in [0, 0.05) is 25.0 Å². The lowest BCUT2D eigenvalue weighted by Crippen LogP contribution is -2.44. The van der Waals surface area contributed by atoms with Gasteiger partial charge in [-0.2, -0.15) is 0 Å². The molecule has 1 aliphatic rings. The predicted molar refractivity (Wildman–Crippen MR) is 103 cm³/mol. The molecule has 1 fully saturated rings. The maximum Gasteiger partial charge on any atom is 0.273 e. The number of carbonyl (C=O) groups excluding carboxylic acids is 1. The lowest BCUT2D eigenvalue weighted by Gasteiger charge is -2.32. The molecule has 2 aromatic rings. The summed E-state index contributed by atoms with van der Waals surface area (Å²) in [6.07, 6.45) is 1.79. The molecule has 1 aromatic carbocycles. The predicted octanol–water partition coefficient (Wildman–Crippen LogP) is 2.42. The molecule has 0 saturated carbocycles. The van der Waals surface area contributed by atoms with Gasteiger partial charge in [-0.3, -0.25) is 4.79 Å². The van der Waals surface area contributed by atoms with Crippen molar-refractivity contribution < 1.29 is 13.2 Å². The van der Waals surface area contributed by atoms with Crippen molar-refractivity contribution in [3.05, 3.63) is 52.0 Å². The molecule has 1 aliphatic heterocycles. The highest BCUT2D eigenvalue weighted by Crippen LogP contribution is 2.19. The van der Waals surface area contributed by atoms with Crippen LogP contribution in [-0.4, -0.2) is 43.8 Å². The molecule has 6 nitrogen and oxygen atoms in total. The molecule has 3 rings (SSSR count). The molecule has 0 unspecified atom stereocenters. The molecule has 26 heavy (non-hydrogen) atoms. The average Bonchev–Trinajstić information content (AvgIpc) is 3.07. The fourth-order valence-corrected chi connectivity index (χ4v) is 4.94. The number of piperidine rings is 1. The highest BCUT2D eigenvalue weighted by atomic mass is 32.2. The Morgan fingerprint density at radius 1 is 1.35 bits per heavy atom. The van der Waals surface area contributed by atoms with Crippen molar-refractivity contribution >= 4 is 27.3 Å². The minimum atomic E-state index is -3.38. The Balaban J connectivity index is 1.54. The first-order chi connectivity index (χ1) is 12.4. The Labute approximate surface area is 158 Å². The maximum atomic E-state index is 12.5. The number of amides is 1. The van der Waals surface area contributed by atoms with Crippen LogP contribution in [-0.2, 0) is 15.8 Å². The van der Waals surface area contributed by atoms with Crippen LogP contribution in [0.4, 0.5) is 0 Å². The topological polar surface area (TPSA) is 79.4 Å². The number of aryl methyl sites for hydroxylation is 1. The van der Waals surface area contributed by atoms with E-state index < -0.39 is 10.0 Å². The molecule has 0 bridgehead atoms. The van der Waals surface area contributed by atoms with Gasteiger partial charge in [0.25, 0.3) is 5.91 Å². The molecule has 1 aromatic heterocycles. The van der Waals surface area contributed by atoms with Crippen molar-refractivity contribution in [2.75, 3.05) is 19.6 Å². The minimum absolute atomic E-state index is 0.0265. The van der Waals surface area contributed by atoms with E-state index in [-0.39, 0.29) is 17.6 Å². The molecule has 1 saturated heterocycles. The molecule has 0 radical (unpaired) electrons. The van der Waals surface area contributed by atoms with Gasteiger partial charge in [0.05, 0.1) is 10.8 Å². The number of hydrogen-bond acceptors (Lipinski definition) is 5. The number of rotatable bonds is 6. The summed E-state index contributed by atoms with van der Waals surface area (Å²) < 4.78 is 27.3. The second-order valence-corrected chi connectivity index (χ2v) is 9.47. The minimum Gasteiger partial charge on any atom is -0.337 e. The van der Waals surface area contributed by atoms with E-state index in [2.05, 4.69) is 9.71 Å². The number of nitrogens with zero attached hydrogens (tertiary/aromatic N) is 2. The van der Waals surface area contributed by atoms with Crippen molar-refractivity contribution in [2.24, 2.45) is 5.92 Å². The van der Waals surface area contributed by atoms with Gasteiger partial charge in [0.1, 0.15) is 5.69 Å². The molecule has 1 amide bonds. The lowest BCUT2D eigenvalue weighted by molar-refractivity contribution is 0.0671. The largest absolute Gasteiger partial charge is 0.337 e. The first-order valence-electron chi connectivity index (χ1n) is 8.65. The molecular formula is C18H23N3O3S2. The van der Waals surface area contributed by atoms with Crippen LogP contribution in [0, 0.1) is 12.8 Å². The number of sulfonamides is 1. The summed E-state index contributed by atoms with van der Waals surface area (Å²) >= 11 is 1.46. The molecule has 0 spiro atoms. The summed E-state index contributed by atoms with van der Waals surface area (Å²) in [6.45, 7) is 3.49. The highest BCUT2D eigenvalue weighted by molar-refractivity contribution is 7.88. The van der Waals surface area contributed by atoms with E-state index in [4.69, 9.17) is 0 Å². The van der Waals surface area contributed by atoms with E-state index in [0.717, 1.165) is 23.4 Å². The zero-order chi connectivity index (χ0) is 18.6. The lowest BCUT2D eigenvalue weighted by atomic mass is 9.98. The van der Waals surface area contributed by atoms with Crippen LogP contribution in [0.25, 0.3) is 0 Å². The second-order valence-electron chi connectivity index (χ2n) is 6.60. The first kappa shape index (κ1) is 19.0. The van der Waals surface area contributed by atoms with E-state index in [0.29, 0.717) is 25.3 Å². The number of benzene rings is 1. The number of thiazole rings is 1. The molecule has 140 valence electrons. The smallest absolute Gasteiger partial charge is 0.273 e. The van der Waals surface area contributed by atoms with Crippen molar-refractivity contribution in [1.82, 2.24) is 14.6 Å². The Morgan fingerprint density at radius 2 is 2.12 bits per heavy atom. The van der Waals surface area contributed by atoms with Crippen LogP contribution in [0.2, 0.25) is 0 Å². The third-order valence-corrected chi connectivity index (χ3v) is 6.53. The second kappa shape index (κ2) is 8.28. The molecule has 2 heterocycles. The number of carbonyl (C=O) groups is 1. The summed E-state index contributed by atoms with van der Waals surface area (Å²) in [7, 11) is -3.38.